The monoisotopic (exact) mass is 254 g/mol. The van der Waals surface area contributed by atoms with Gasteiger partial charge in [0.2, 0.25) is 0 Å². The standard InChI is InChI=1S/C14H14N4O/c19-14(18-12-2-1-6-15-9-12)10-5-7-16-13(8-10)17-11-3-4-11/h1-2,5-9,11H,3-4H2,(H,16,17)(H,18,19). The molecule has 2 N–H and O–H groups in total. The maximum absolute atomic E-state index is 12.1. The Balaban J connectivity index is 1.72. The molecule has 5 nitrogen and oxygen atoms in total. The van der Waals surface area contributed by atoms with Crippen molar-refractivity contribution in [2.45, 2.75) is 18.9 Å². The molecule has 0 aliphatic heterocycles. The molecule has 19 heavy (non-hydrogen) atoms. The molecule has 1 saturated carbocycles. The minimum Gasteiger partial charge on any atom is -0.367 e. The van der Waals surface area contributed by atoms with E-state index in [4.69, 9.17) is 0 Å². The fraction of sp³-hybridized carbons (Fsp3) is 0.214. The minimum absolute atomic E-state index is 0.158. The van der Waals surface area contributed by atoms with Crippen LogP contribution >= 0.6 is 0 Å². The van der Waals surface area contributed by atoms with E-state index in [1.165, 1.54) is 12.8 Å². The molecule has 2 aromatic rings. The van der Waals surface area contributed by atoms with E-state index in [9.17, 15) is 4.79 Å². The van der Waals surface area contributed by atoms with Gasteiger partial charge in [0, 0.05) is 24.0 Å². The highest BCUT2D eigenvalue weighted by Crippen LogP contribution is 2.23. The molecule has 0 bridgehead atoms. The largest absolute Gasteiger partial charge is 0.367 e. The minimum atomic E-state index is -0.158. The van der Waals surface area contributed by atoms with Gasteiger partial charge in [0.15, 0.2) is 0 Å². The van der Waals surface area contributed by atoms with Crippen molar-refractivity contribution in [1.29, 1.82) is 0 Å². The van der Waals surface area contributed by atoms with Crippen LogP contribution in [0.5, 0.6) is 0 Å². The molecule has 2 heterocycles. The number of carbonyl (C=O) groups excluding carboxylic acids is 1. The van der Waals surface area contributed by atoms with Crippen LogP contribution in [0.2, 0.25) is 0 Å². The van der Waals surface area contributed by atoms with Crippen molar-refractivity contribution in [3.8, 4) is 0 Å². The lowest BCUT2D eigenvalue weighted by molar-refractivity contribution is 0.102. The number of rotatable bonds is 4. The molecule has 1 aliphatic rings. The van der Waals surface area contributed by atoms with Gasteiger partial charge in [-0.25, -0.2) is 4.98 Å². The van der Waals surface area contributed by atoms with Crippen molar-refractivity contribution in [2.24, 2.45) is 0 Å². The van der Waals surface area contributed by atoms with Gasteiger partial charge < -0.3 is 10.6 Å². The topological polar surface area (TPSA) is 66.9 Å². The predicted molar refractivity (Wildman–Crippen MR) is 73.1 cm³/mol. The van der Waals surface area contributed by atoms with Crippen molar-refractivity contribution < 1.29 is 4.79 Å². The molecule has 1 fully saturated rings. The molecule has 0 atom stereocenters. The third-order valence-corrected chi connectivity index (χ3v) is 2.87. The highest BCUT2D eigenvalue weighted by molar-refractivity contribution is 6.04. The Labute approximate surface area is 111 Å². The Morgan fingerprint density at radius 3 is 2.89 bits per heavy atom. The van der Waals surface area contributed by atoms with Crippen LogP contribution in [0.3, 0.4) is 0 Å². The Bertz CT molecular complexity index is 581. The third-order valence-electron chi connectivity index (χ3n) is 2.87. The molecule has 1 aliphatic carbocycles. The molecule has 0 saturated heterocycles. The summed E-state index contributed by atoms with van der Waals surface area (Å²) in [7, 11) is 0. The summed E-state index contributed by atoms with van der Waals surface area (Å²) in [6.07, 6.45) is 7.27. The number of carbonyl (C=O) groups is 1. The number of hydrogen-bond donors (Lipinski definition) is 2. The van der Waals surface area contributed by atoms with E-state index in [0.717, 1.165) is 5.82 Å². The third kappa shape index (κ3) is 3.07. The molecule has 1 amide bonds. The van der Waals surface area contributed by atoms with Crippen molar-refractivity contribution >= 4 is 17.4 Å². The van der Waals surface area contributed by atoms with E-state index in [-0.39, 0.29) is 5.91 Å². The first-order valence-corrected chi connectivity index (χ1v) is 6.25. The van der Waals surface area contributed by atoms with E-state index in [1.807, 2.05) is 0 Å². The predicted octanol–water partition coefficient (Wildman–Crippen LogP) is 2.30. The second-order valence-corrected chi connectivity index (χ2v) is 4.54. The van der Waals surface area contributed by atoms with Gasteiger partial charge in [-0.3, -0.25) is 9.78 Å². The molecule has 0 aromatic carbocycles. The van der Waals surface area contributed by atoms with Crippen LogP contribution in [-0.4, -0.2) is 21.9 Å². The van der Waals surface area contributed by atoms with Crippen LogP contribution in [0.1, 0.15) is 23.2 Å². The summed E-state index contributed by atoms with van der Waals surface area (Å²) < 4.78 is 0. The fourth-order valence-electron chi connectivity index (χ4n) is 1.73. The molecular formula is C14H14N4O. The number of nitrogens with one attached hydrogen (secondary N) is 2. The molecule has 0 radical (unpaired) electrons. The number of nitrogens with zero attached hydrogens (tertiary/aromatic N) is 2. The maximum Gasteiger partial charge on any atom is 0.255 e. The summed E-state index contributed by atoms with van der Waals surface area (Å²) >= 11 is 0. The van der Waals surface area contributed by atoms with Crippen LogP contribution in [0, 0.1) is 0 Å². The van der Waals surface area contributed by atoms with E-state index >= 15 is 0 Å². The molecule has 3 rings (SSSR count). The fourth-order valence-corrected chi connectivity index (χ4v) is 1.73. The van der Waals surface area contributed by atoms with Crippen molar-refractivity contribution in [2.75, 3.05) is 10.6 Å². The van der Waals surface area contributed by atoms with Gasteiger partial charge in [0.1, 0.15) is 5.82 Å². The molecule has 2 aromatic heterocycles. The molecule has 96 valence electrons. The quantitative estimate of drug-likeness (QED) is 0.878. The normalized spacial score (nSPS) is 13.9. The van der Waals surface area contributed by atoms with Crippen molar-refractivity contribution in [3.63, 3.8) is 0 Å². The first-order chi connectivity index (χ1) is 9.31. The van der Waals surface area contributed by atoms with Crippen LogP contribution in [0.4, 0.5) is 11.5 Å². The molecule has 0 spiro atoms. The summed E-state index contributed by atoms with van der Waals surface area (Å²) in [5, 5.41) is 6.07. The summed E-state index contributed by atoms with van der Waals surface area (Å²) in [4.78, 5) is 20.2. The van der Waals surface area contributed by atoms with E-state index < -0.39 is 0 Å². The average molecular weight is 254 g/mol. The van der Waals surface area contributed by atoms with Gasteiger partial charge in [0.25, 0.3) is 5.91 Å². The number of aromatic nitrogens is 2. The van der Waals surface area contributed by atoms with Gasteiger partial charge in [-0.05, 0) is 37.1 Å². The van der Waals surface area contributed by atoms with Gasteiger partial charge in [-0.2, -0.15) is 0 Å². The van der Waals surface area contributed by atoms with Crippen LogP contribution in [0.25, 0.3) is 0 Å². The smallest absolute Gasteiger partial charge is 0.255 e. The Morgan fingerprint density at radius 2 is 2.16 bits per heavy atom. The van der Waals surface area contributed by atoms with Crippen LogP contribution in [-0.2, 0) is 0 Å². The zero-order valence-corrected chi connectivity index (χ0v) is 10.3. The molecular weight excluding hydrogens is 240 g/mol. The number of amides is 1. The maximum atomic E-state index is 12.1. The number of anilines is 2. The molecule has 0 unspecified atom stereocenters. The first-order valence-electron chi connectivity index (χ1n) is 6.25. The van der Waals surface area contributed by atoms with E-state index in [1.54, 1.807) is 42.9 Å². The number of hydrogen-bond acceptors (Lipinski definition) is 4. The second kappa shape index (κ2) is 5.06. The van der Waals surface area contributed by atoms with Crippen LogP contribution in [0.15, 0.2) is 42.9 Å². The summed E-state index contributed by atoms with van der Waals surface area (Å²) in [5.41, 5.74) is 1.27. The molecule has 5 heteroatoms. The lowest BCUT2D eigenvalue weighted by Gasteiger charge is -2.07. The van der Waals surface area contributed by atoms with Gasteiger partial charge in [-0.1, -0.05) is 0 Å². The average Bonchev–Trinajstić information content (AvgIpc) is 3.24. The van der Waals surface area contributed by atoms with E-state index in [2.05, 4.69) is 20.6 Å². The lowest BCUT2D eigenvalue weighted by atomic mass is 10.2. The van der Waals surface area contributed by atoms with Gasteiger partial charge in [0.05, 0.1) is 11.9 Å². The van der Waals surface area contributed by atoms with Crippen molar-refractivity contribution in [1.82, 2.24) is 9.97 Å². The SMILES string of the molecule is O=C(Nc1cccnc1)c1ccnc(NC2CC2)c1. The highest BCUT2D eigenvalue weighted by Gasteiger charge is 2.21. The highest BCUT2D eigenvalue weighted by atomic mass is 16.1. The Morgan fingerprint density at radius 1 is 1.26 bits per heavy atom. The van der Waals surface area contributed by atoms with Crippen LogP contribution < -0.4 is 10.6 Å². The summed E-state index contributed by atoms with van der Waals surface area (Å²) in [5.74, 6) is 0.593. The number of pyridine rings is 2. The Hall–Kier alpha value is -2.43. The Kier molecular flexibility index (Phi) is 3.10. The van der Waals surface area contributed by atoms with Gasteiger partial charge in [-0.15, -0.1) is 0 Å². The van der Waals surface area contributed by atoms with Gasteiger partial charge >= 0.3 is 0 Å². The second-order valence-electron chi connectivity index (χ2n) is 4.54. The zero-order chi connectivity index (χ0) is 13.1. The van der Waals surface area contributed by atoms with E-state index in [0.29, 0.717) is 17.3 Å². The van der Waals surface area contributed by atoms with Crippen molar-refractivity contribution in [3.05, 3.63) is 48.4 Å². The first kappa shape index (κ1) is 11.6. The zero-order valence-electron chi connectivity index (χ0n) is 10.3. The lowest BCUT2D eigenvalue weighted by Crippen LogP contribution is -2.13. The summed E-state index contributed by atoms with van der Waals surface area (Å²) in [6.45, 7) is 0. The summed E-state index contributed by atoms with van der Waals surface area (Å²) in [6, 6.07) is 7.56.